The summed E-state index contributed by atoms with van der Waals surface area (Å²) < 4.78 is 43.8. The molecule has 1 atom stereocenters. The van der Waals surface area contributed by atoms with Crippen molar-refractivity contribution in [1.82, 2.24) is 0 Å². The van der Waals surface area contributed by atoms with Gasteiger partial charge in [0.05, 0.1) is 32.8 Å². The second-order valence-electron chi connectivity index (χ2n) is 10.8. The minimum absolute atomic E-state index is 0.0654. The Morgan fingerprint density at radius 3 is 1.19 bits per heavy atom. The summed E-state index contributed by atoms with van der Waals surface area (Å²) in [7, 11) is -4.04. The molecule has 0 heterocycles. The smallest absolute Gasteiger partial charge is 0.299 e. The summed E-state index contributed by atoms with van der Waals surface area (Å²) in [5.74, 6) is 0. The van der Waals surface area contributed by atoms with Gasteiger partial charge in [-0.15, -0.1) is 0 Å². The molecule has 0 radical (unpaired) electrons. The first kappa shape index (κ1) is 38.9. The van der Waals surface area contributed by atoms with Crippen molar-refractivity contribution in [3.8, 4) is 0 Å². The first-order valence-corrected chi connectivity index (χ1v) is 17.6. The van der Waals surface area contributed by atoms with Gasteiger partial charge < -0.3 is 4.48 Å². The van der Waals surface area contributed by atoms with E-state index in [1.54, 1.807) is 0 Å². The number of hydrogen-bond acceptors (Lipinski definition) is 3. The number of quaternary nitrogens is 1. The molecule has 6 heteroatoms. The van der Waals surface area contributed by atoms with E-state index < -0.39 is 15.6 Å². The van der Waals surface area contributed by atoms with E-state index in [1.807, 2.05) is 0 Å². The van der Waals surface area contributed by atoms with Crippen molar-refractivity contribution >= 4 is 10.1 Å². The molecule has 0 spiro atoms. The number of alkyl halides is 1. The van der Waals surface area contributed by atoms with Gasteiger partial charge in [-0.1, -0.05) is 117 Å². The Hall–Kier alpha value is -0.200. The standard InChI is InChI=1S/C23H47FO3S.C8H20N/c1-3-5-7-9-11-13-15-17-19-21-23(24)28(25,26)27-22-20-18-16-14-12-10-8-6-4-2;1-5-9(6-2,7-3)8-4/h23H,3-22H2,1-2H3;5-8H2,1-4H3/q;+1. The van der Waals surface area contributed by atoms with Crippen molar-refractivity contribution < 1.29 is 21.5 Å². The molecule has 4 nitrogen and oxygen atoms in total. The number of unbranched alkanes of at least 4 members (excludes halogenated alkanes) is 16. The van der Waals surface area contributed by atoms with Crippen LogP contribution in [0.25, 0.3) is 0 Å². The third-order valence-electron chi connectivity index (χ3n) is 8.03. The van der Waals surface area contributed by atoms with E-state index >= 15 is 0 Å². The van der Waals surface area contributed by atoms with E-state index in [1.165, 1.54) is 108 Å². The minimum Gasteiger partial charge on any atom is -0.325 e. The maximum atomic E-state index is 14.0. The van der Waals surface area contributed by atoms with E-state index in [2.05, 4.69) is 41.5 Å². The van der Waals surface area contributed by atoms with Crippen molar-refractivity contribution in [3.05, 3.63) is 0 Å². The van der Waals surface area contributed by atoms with Crippen LogP contribution in [0.4, 0.5) is 4.39 Å². The summed E-state index contributed by atoms with van der Waals surface area (Å²) in [5, 5.41) is 0. The first-order chi connectivity index (χ1) is 17.8. The summed E-state index contributed by atoms with van der Waals surface area (Å²) >= 11 is 0. The van der Waals surface area contributed by atoms with Gasteiger partial charge in [0, 0.05) is 0 Å². The predicted octanol–water partition coefficient (Wildman–Crippen LogP) is 9.96. The van der Waals surface area contributed by atoms with Gasteiger partial charge in [0.2, 0.25) is 5.50 Å². The number of halogens is 1. The highest BCUT2D eigenvalue weighted by molar-refractivity contribution is 7.87. The Morgan fingerprint density at radius 2 is 0.865 bits per heavy atom. The van der Waals surface area contributed by atoms with Crippen molar-refractivity contribution in [1.29, 1.82) is 0 Å². The monoisotopic (exact) mass is 552 g/mol. The maximum absolute atomic E-state index is 14.0. The van der Waals surface area contributed by atoms with Crippen molar-refractivity contribution in [2.24, 2.45) is 0 Å². The molecular formula is C31H67FNO3S+. The molecule has 0 aliphatic carbocycles. The van der Waals surface area contributed by atoms with Gasteiger partial charge in [-0.3, -0.25) is 4.18 Å². The summed E-state index contributed by atoms with van der Waals surface area (Å²) in [6.07, 6.45) is 20.6. The number of rotatable bonds is 26. The normalized spacial score (nSPS) is 12.8. The average molecular weight is 553 g/mol. The van der Waals surface area contributed by atoms with Crippen LogP contribution in [-0.4, -0.2) is 51.2 Å². The molecule has 0 rings (SSSR count). The minimum atomic E-state index is -4.04. The van der Waals surface area contributed by atoms with E-state index in [0.717, 1.165) is 25.7 Å². The summed E-state index contributed by atoms with van der Waals surface area (Å²) in [4.78, 5) is 0. The lowest BCUT2D eigenvalue weighted by Crippen LogP contribution is -2.47. The molecule has 0 saturated carbocycles. The molecule has 0 aliphatic rings. The second-order valence-corrected chi connectivity index (χ2v) is 12.5. The maximum Gasteiger partial charge on any atom is 0.299 e. The van der Waals surface area contributed by atoms with E-state index in [-0.39, 0.29) is 13.0 Å². The van der Waals surface area contributed by atoms with E-state index in [9.17, 15) is 12.8 Å². The molecular weight excluding hydrogens is 485 g/mol. The average Bonchev–Trinajstić information content (AvgIpc) is 2.90. The Morgan fingerprint density at radius 1 is 0.541 bits per heavy atom. The SMILES string of the molecule is CCCCCCCCCCCOS(=O)(=O)C(F)CCCCCCCCCCC.CC[N+](CC)(CC)CC. The van der Waals surface area contributed by atoms with Crippen LogP contribution in [0.2, 0.25) is 0 Å². The summed E-state index contributed by atoms with van der Waals surface area (Å²) in [6.45, 7) is 18.8. The summed E-state index contributed by atoms with van der Waals surface area (Å²) in [5.41, 5.74) is -1.87. The Labute approximate surface area is 233 Å². The van der Waals surface area contributed by atoms with Gasteiger partial charge in [-0.25, -0.2) is 4.39 Å². The molecule has 37 heavy (non-hydrogen) atoms. The van der Waals surface area contributed by atoms with Crippen LogP contribution in [0.1, 0.15) is 164 Å². The molecule has 0 aromatic rings. The Kier molecular flexibility index (Phi) is 28.8. The molecule has 0 aromatic heterocycles. The van der Waals surface area contributed by atoms with E-state index in [0.29, 0.717) is 12.8 Å². The van der Waals surface area contributed by atoms with Crippen LogP contribution in [0, 0.1) is 0 Å². The fraction of sp³-hybridized carbons (Fsp3) is 1.00. The fourth-order valence-corrected chi connectivity index (χ4v) is 5.72. The summed E-state index contributed by atoms with van der Waals surface area (Å²) in [6, 6.07) is 0. The quantitative estimate of drug-likeness (QED) is 0.0609. The van der Waals surface area contributed by atoms with Gasteiger partial charge in [0.15, 0.2) is 0 Å². The molecule has 0 aliphatic heterocycles. The van der Waals surface area contributed by atoms with Crippen molar-refractivity contribution in [2.75, 3.05) is 32.8 Å². The Balaban J connectivity index is 0. The largest absolute Gasteiger partial charge is 0.325 e. The molecule has 0 amide bonds. The zero-order valence-electron chi connectivity index (χ0n) is 26.0. The number of nitrogens with zero attached hydrogens (tertiary/aromatic N) is 1. The van der Waals surface area contributed by atoms with Crippen LogP contribution < -0.4 is 0 Å². The predicted molar refractivity (Wildman–Crippen MR) is 161 cm³/mol. The third kappa shape index (κ3) is 23.4. The zero-order valence-corrected chi connectivity index (χ0v) is 26.8. The molecule has 226 valence electrons. The molecule has 0 bridgehead atoms. The zero-order chi connectivity index (χ0) is 28.3. The first-order valence-electron chi connectivity index (χ1n) is 16.2. The molecule has 0 N–H and O–H groups in total. The third-order valence-corrected chi connectivity index (χ3v) is 9.38. The van der Waals surface area contributed by atoms with E-state index in [4.69, 9.17) is 4.18 Å². The van der Waals surface area contributed by atoms with Crippen LogP contribution in [0.15, 0.2) is 0 Å². The topological polar surface area (TPSA) is 43.4 Å². The van der Waals surface area contributed by atoms with Gasteiger partial charge in [0.25, 0.3) is 10.1 Å². The van der Waals surface area contributed by atoms with Gasteiger partial charge in [-0.05, 0) is 47.0 Å². The van der Waals surface area contributed by atoms with Crippen LogP contribution in [0.3, 0.4) is 0 Å². The number of hydrogen-bond donors (Lipinski definition) is 0. The lowest BCUT2D eigenvalue weighted by atomic mass is 10.1. The van der Waals surface area contributed by atoms with Crippen molar-refractivity contribution in [2.45, 2.75) is 169 Å². The lowest BCUT2D eigenvalue weighted by molar-refractivity contribution is -0.921. The second kappa shape index (κ2) is 27.4. The molecule has 0 saturated heterocycles. The highest BCUT2D eigenvalue weighted by atomic mass is 32.2. The van der Waals surface area contributed by atoms with Gasteiger partial charge in [0.1, 0.15) is 0 Å². The van der Waals surface area contributed by atoms with Crippen LogP contribution >= 0.6 is 0 Å². The molecule has 0 fully saturated rings. The Bertz CT molecular complexity index is 535. The van der Waals surface area contributed by atoms with Crippen molar-refractivity contribution in [3.63, 3.8) is 0 Å². The fourth-order valence-electron chi connectivity index (χ4n) is 4.76. The van der Waals surface area contributed by atoms with Gasteiger partial charge >= 0.3 is 0 Å². The van der Waals surface area contributed by atoms with Gasteiger partial charge in [-0.2, -0.15) is 8.42 Å². The van der Waals surface area contributed by atoms with Crippen LogP contribution in [0.5, 0.6) is 0 Å². The molecule has 0 aromatic carbocycles. The molecule has 1 unspecified atom stereocenters. The highest BCUT2D eigenvalue weighted by Gasteiger charge is 2.25. The van der Waals surface area contributed by atoms with Crippen LogP contribution in [-0.2, 0) is 14.3 Å². The lowest BCUT2D eigenvalue weighted by Gasteiger charge is -2.34. The highest BCUT2D eigenvalue weighted by Crippen LogP contribution is 2.17.